The van der Waals surface area contributed by atoms with Gasteiger partial charge in [0.05, 0.1) is 11.4 Å². The average Bonchev–Trinajstić information content (AvgIpc) is 2.56. The van der Waals surface area contributed by atoms with Crippen LogP contribution in [0.3, 0.4) is 0 Å². The summed E-state index contributed by atoms with van der Waals surface area (Å²) < 4.78 is 11.4. The van der Waals surface area contributed by atoms with Gasteiger partial charge in [-0.3, -0.25) is 9.00 Å². The number of amides is 3. The molecule has 0 spiro atoms. The molecule has 1 atom stereocenters. The number of carbonyl (C=O) groups excluding carboxylic acids is 2. The van der Waals surface area contributed by atoms with Gasteiger partial charge in [0.15, 0.2) is 0 Å². The Kier molecular flexibility index (Phi) is 6.30. The number of nitrogens with one attached hydrogen (secondary N) is 3. The fourth-order valence-corrected chi connectivity index (χ4v) is 2.63. The van der Waals surface area contributed by atoms with E-state index < -0.39 is 10.8 Å². The predicted octanol–water partition coefficient (Wildman–Crippen LogP) is 3.21. The summed E-state index contributed by atoms with van der Waals surface area (Å²) in [5.74, 6) is -0.313. The third-order valence-corrected chi connectivity index (χ3v) is 4.23. The lowest BCUT2D eigenvalue weighted by atomic mass is 10.2. The molecule has 0 aromatic heterocycles. The summed E-state index contributed by atoms with van der Waals surface area (Å²) in [6, 6.07) is 13.2. The molecule has 2 aromatic rings. The number of anilines is 2. The van der Waals surface area contributed by atoms with Gasteiger partial charge in [0.25, 0.3) is 5.91 Å². The highest BCUT2D eigenvalue weighted by Gasteiger charge is 2.11. The third-order valence-electron chi connectivity index (χ3n) is 3.29. The molecule has 1 unspecified atom stereocenters. The molecule has 0 radical (unpaired) electrons. The summed E-state index contributed by atoms with van der Waals surface area (Å²) >= 11 is 0. The smallest absolute Gasteiger partial charge is 0.319 e. The van der Waals surface area contributed by atoms with Crippen molar-refractivity contribution in [3.8, 4) is 0 Å². The van der Waals surface area contributed by atoms with Gasteiger partial charge < -0.3 is 16.0 Å². The average molecular weight is 359 g/mol. The molecule has 2 aromatic carbocycles. The van der Waals surface area contributed by atoms with Crippen molar-refractivity contribution in [3.63, 3.8) is 0 Å². The van der Waals surface area contributed by atoms with Crippen LogP contribution in [0.4, 0.5) is 16.2 Å². The van der Waals surface area contributed by atoms with Crippen molar-refractivity contribution in [2.75, 3.05) is 16.9 Å². The second kappa shape index (κ2) is 8.43. The van der Waals surface area contributed by atoms with E-state index in [4.69, 9.17) is 0 Å². The first-order valence-corrected chi connectivity index (χ1v) is 9.34. The van der Waals surface area contributed by atoms with Gasteiger partial charge in [0.1, 0.15) is 0 Å². The highest BCUT2D eigenvalue weighted by Crippen LogP contribution is 2.22. The molecule has 3 amide bonds. The maximum Gasteiger partial charge on any atom is 0.319 e. The molecule has 0 saturated carbocycles. The molecule has 0 fully saturated rings. The first-order chi connectivity index (χ1) is 11.9. The molecule has 6 nitrogen and oxygen atoms in total. The van der Waals surface area contributed by atoms with Gasteiger partial charge in [-0.05, 0) is 50.2 Å². The number of hydrogen-bond donors (Lipinski definition) is 3. The van der Waals surface area contributed by atoms with Crippen molar-refractivity contribution in [2.24, 2.45) is 0 Å². The van der Waals surface area contributed by atoms with Crippen molar-refractivity contribution >= 4 is 34.1 Å². The Labute approximate surface area is 149 Å². The van der Waals surface area contributed by atoms with Crippen LogP contribution in [0.1, 0.15) is 24.2 Å². The lowest BCUT2D eigenvalue weighted by Crippen LogP contribution is -2.34. The maximum absolute atomic E-state index is 12.4. The molecule has 7 heteroatoms. The van der Waals surface area contributed by atoms with E-state index in [1.807, 2.05) is 13.8 Å². The molecular weight excluding hydrogens is 338 g/mol. The largest absolute Gasteiger partial charge is 0.336 e. The summed E-state index contributed by atoms with van der Waals surface area (Å²) in [5, 5.41) is 8.22. The van der Waals surface area contributed by atoms with Crippen LogP contribution in [0.2, 0.25) is 0 Å². The molecule has 132 valence electrons. The van der Waals surface area contributed by atoms with Crippen molar-refractivity contribution in [1.29, 1.82) is 0 Å². The van der Waals surface area contributed by atoms with Crippen molar-refractivity contribution in [2.45, 2.75) is 24.8 Å². The number of benzene rings is 2. The number of hydrogen-bond acceptors (Lipinski definition) is 3. The number of rotatable bonds is 5. The Morgan fingerprint density at radius 2 is 1.48 bits per heavy atom. The van der Waals surface area contributed by atoms with E-state index in [0.29, 0.717) is 21.8 Å². The molecular formula is C18H21N3O3S. The third kappa shape index (κ3) is 5.42. The minimum Gasteiger partial charge on any atom is -0.336 e. The number of para-hydroxylation sites is 2. The highest BCUT2D eigenvalue weighted by atomic mass is 32.2. The minimum atomic E-state index is -1.09. The quantitative estimate of drug-likeness (QED) is 0.766. The summed E-state index contributed by atoms with van der Waals surface area (Å²) in [5.41, 5.74) is 1.44. The van der Waals surface area contributed by atoms with Gasteiger partial charge in [0.2, 0.25) is 0 Å². The molecule has 0 bridgehead atoms. The van der Waals surface area contributed by atoms with E-state index in [1.54, 1.807) is 54.8 Å². The van der Waals surface area contributed by atoms with Crippen LogP contribution in [0.5, 0.6) is 0 Å². The van der Waals surface area contributed by atoms with E-state index in [0.717, 1.165) is 0 Å². The Bertz CT molecular complexity index is 788. The SMILES string of the molecule is CC(C)NC(=O)Nc1ccccc1NC(=O)c1ccc(S(C)=O)cc1. The van der Waals surface area contributed by atoms with E-state index in [9.17, 15) is 13.8 Å². The zero-order valence-electron chi connectivity index (χ0n) is 14.3. The molecule has 0 saturated heterocycles. The minimum absolute atomic E-state index is 0.00406. The molecule has 0 aliphatic rings. The summed E-state index contributed by atoms with van der Waals surface area (Å²) in [7, 11) is -1.09. The van der Waals surface area contributed by atoms with E-state index in [2.05, 4.69) is 16.0 Å². The van der Waals surface area contributed by atoms with E-state index in [1.165, 1.54) is 0 Å². The molecule has 0 aliphatic heterocycles. The standard InChI is InChI=1S/C18H21N3O3S/c1-12(2)19-18(23)21-16-7-5-4-6-15(16)20-17(22)13-8-10-14(11-9-13)25(3)24/h4-12H,1-3H3,(H,20,22)(H2,19,21,23). The second-order valence-electron chi connectivity index (χ2n) is 5.73. The number of carbonyl (C=O) groups is 2. The van der Waals surface area contributed by atoms with Gasteiger partial charge in [0, 0.05) is 33.6 Å². The molecule has 0 aliphatic carbocycles. The molecule has 3 N–H and O–H groups in total. The van der Waals surface area contributed by atoms with Crippen LogP contribution in [-0.4, -0.2) is 28.4 Å². The van der Waals surface area contributed by atoms with Gasteiger partial charge in [-0.15, -0.1) is 0 Å². The van der Waals surface area contributed by atoms with E-state index >= 15 is 0 Å². The Balaban J connectivity index is 2.12. The summed E-state index contributed by atoms with van der Waals surface area (Å²) in [6.45, 7) is 3.72. The van der Waals surface area contributed by atoms with Crippen molar-refractivity contribution in [1.82, 2.24) is 5.32 Å². The van der Waals surface area contributed by atoms with Crippen LogP contribution in [0, 0.1) is 0 Å². The first-order valence-electron chi connectivity index (χ1n) is 7.78. The first kappa shape index (κ1) is 18.7. The van der Waals surface area contributed by atoms with Crippen LogP contribution in [0.25, 0.3) is 0 Å². The normalized spacial score (nSPS) is 11.7. The summed E-state index contributed by atoms with van der Waals surface area (Å²) in [6.07, 6.45) is 1.58. The van der Waals surface area contributed by atoms with E-state index in [-0.39, 0.29) is 18.0 Å². The van der Waals surface area contributed by atoms with Crippen molar-refractivity contribution in [3.05, 3.63) is 54.1 Å². The highest BCUT2D eigenvalue weighted by molar-refractivity contribution is 7.84. The van der Waals surface area contributed by atoms with Gasteiger partial charge in [-0.1, -0.05) is 12.1 Å². The van der Waals surface area contributed by atoms with Crippen LogP contribution < -0.4 is 16.0 Å². The maximum atomic E-state index is 12.4. The molecule has 2 rings (SSSR count). The molecule has 0 heterocycles. The zero-order chi connectivity index (χ0) is 18.4. The topological polar surface area (TPSA) is 87.3 Å². The Hall–Kier alpha value is -2.67. The van der Waals surface area contributed by atoms with Crippen molar-refractivity contribution < 1.29 is 13.8 Å². The van der Waals surface area contributed by atoms with Crippen LogP contribution in [0.15, 0.2) is 53.4 Å². The second-order valence-corrected chi connectivity index (χ2v) is 7.11. The fraction of sp³-hybridized carbons (Fsp3) is 0.222. The lowest BCUT2D eigenvalue weighted by Gasteiger charge is -2.14. The van der Waals surface area contributed by atoms with Gasteiger partial charge >= 0.3 is 6.03 Å². The Morgan fingerprint density at radius 3 is 2.00 bits per heavy atom. The monoisotopic (exact) mass is 359 g/mol. The van der Waals surface area contributed by atoms with Crippen LogP contribution >= 0.6 is 0 Å². The zero-order valence-corrected chi connectivity index (χ0v) is 15.1. The summed E-state index contributed by atoms with van der Waals surface area (Å²) in [4.78, 5) is 24.9. The number of urea groups is 1. The predicted molar refractivity (Wildman–Crippen MR) is 100 cm³/mol. The fourth-order valence-electron chi connectivity index (χ4n) is 2.11. The molecule has 25 heavy (non-hydrogen) atoms. The van der Waals surface area contributed by atoms with Crippen LogP contribution in [-0.2, 0) is 10.8 Å². The van der Waals surface area contributed by atoms with Gasteiger partial charge in [-0.2, -0.15) is 0 Å². The van der Waals surface area contributed by atoms with Gasteiger partial charge in [-0.25, -0.2) is 4.79 Å². The lowest BCUT2D eigenvalue weighted by molar-refractivity contribution is 0.102. The Morgan fingerprint density at radius 1 is 0.920 bits per heavy atom.